The van der Waals surface area contributed by atoms with E-state index in [9.17, 15) is 22.4 Å². The predicted molar refractivity (Wildman–Crippen MR) is 134 cm³/mol. The van der Waals surface area contributed by atoms with Crippen LogP contribution in [-0.2, 0) is 17.5 Å². The molecule has 1 saturated heterocycles. The molecule has 0 aromatic heterocycles. The molecule has 9 heteroatoms. The van der Waals surface area contributed by atoms with E-state index in [1.165, 1.54) is 24.3 Å². The van der Waals surface area contributed by atoms with Crippen LogP contribution in [0.4, 0.5) is 17.6 Å². The number of piperazine rings is 1. The van der Waals surface area contributed by atoms with Gasteiger partial charge in [0.05, 0.1) is 18.3 Å². The molecule has 0 saturated carbocycles. The molecule has 1 aliphatic rings. The van der Waals surface area contributed by atoms with Gasteiger partial charge in [0.1, 0.15) is 5.82 Å². The lowest BCUT2D eigenvalue weighted by atomic mass is 10.1. The van der Waals surface area contributed by atoms with Gasteiger partial charge in [0.15, 0.2) is 0 Å². The Morgan fingerprint density at radius 1 is 0.973 bits per heavy atom. The SMILES string of the molecule is Cc1ccc(F)cc1C(=O)N1CCN(C[C@@H](OCc2ccc(C(F)(F)F)cc2)c2ccc(Cl)cc2)CC1. The number of rotatable bonds is 7. The van der Waals surface area contributed by atoms with Crippen molar-refractivity contribution in [2.45, 2.75) is 25.8 Å². The number of hydrogen-bond donors (Lipinski definition) is 0. The quantitative estimate of drug-likeness (QED) is 0.323. The summed E-state index contributed by atoms with van der Waals surface area (Å²) in [5.41, 5.74) is 1.92. The summed E-state index contributed by atoms with van der Waals surface area (Å²) in [6.45, 7) is 4.64. The van der Waals surface area contributed by atoms with Gasteiger partial charge < -0.3 is 9.64 Å². The van der Waals surface area contributed by atoms with E-state index in [0.29, 0.717) is 48.9 Å². The maximum atomic E-state index is 13.7. The topological polar surface area (TPSA) is 32.8 Å². The molecule has 4 rings (SSSR count). The number of ether oxygens (including phenoxy) is 1. The first-order chi connectivity index (χ1) is 17.6. The first-order valence-corrected chi connectivity index (χ1v) is 12.3. The van der Waals surface area contributed by atoms with Crippen molar-refractivity contribution in [3.8, 4) is 0 Å². The van der Waals surface area contributed by atoms with Crippen molar-refractivity contribution >= 4 is 17.5 Å². The monoisotopic (exact) mass is 534 g/mol. The molecular formula is C28H27ClF4N2O2. The number of aryl methyl sites for hydroxylation is 1. The molecule has 1 fully saturated rings. The molecule has 0 aliphatic carbocycles. The van der Waals surface area contributed by atoms with E-state index in [4.69, 9.17) is 16.3 Å². The van der Waals surface area contributed by atoms with Gasteiger partial charge >= 0.3 is 6.18 Å². The van der Waals surface area contributed by atoms with Gasteiger partial charge in [-0.1, -0.05) is 41.9 Å². The summed E-state index contributed by atoms with van der Waals surface area (Å²) in [5.74, 6) is -0.631. The van der Waals surface area contributed by atoms with Crippen molar-refractivity contribution in [2.75, 3.05) is 32.7 Å². The first-order valence-electron chi connectivity index (χ1n) is 11.9. The van der Waals surface area contributed by atoms with Crippen LogP contribution in [0.5, 0.6) is 0 Å². The highest BCUT2D eigenvalue weighted by Crippen LogP contribution is 2.30. The smallest absolute Gasteiger partial charge is 0.368 e. The summed E-state index contributed by atoms with van der Waals surface area (Å²) in [6, 6.07) is 16.4. The standard InChI is InChI=1S/C28H27ClF4N2O2/c1-19-2-11-24(30)16-25(19)27(36)35-14-12-34(13-15-35)17-26(21-5-9-23(29)10-6-21)37-18-20-3-7-22(8-4-20)28(31,32)33/h2-11,16,26H,12-15,17-18H2,1H3/t26-/m1/s1. The number of alkyl halides is 3. The third kappa shape index (κ3) is 7.09. The number of amides is 1. The molecule has 196 valence electrons. The molecule has 1 amide bonds. The van der Waals surface area contributed by atoms with E-state index in [-0.39, 0.29) is 18.6 Å². The maximum Gasteiger partial charge on any atom is 0.416 e. The molecule has 0 bridgehead atoms. The minimum atomic E-state index is -4.39. The van der Waals surface area contributed by atoms with Crippen molar-refractivity contribution in [1.29, 1.82) is 0 Å². The highest BCUT2D eigenvalue weighted by molar-refractivity contribution is 6.30. The second-order valence-corrected chi connectivity index (χ2v) is 9.53. The van der Waals surface area contributed by atoms with E-state index in [1.807, 2.05) is 12.1 Å². The second-order valence-electron chi connectivity index (χ2n) is 9.10. The van der Waals surface area contributed by atoms with Crippen molar-refractivity contribution in [3.05, 3.63) is 105 Å². The number of nitrogens with zero attached hydrogens (tertiary/aromatic N) is 2. The number of carbonyl (C=O) groups excluding carboxylic acids is 1. The molecule has 3 aromatic rings. The Labute approximate surface area is 218 Å². The number of carbonyl (C=O) groups is 1. The molecule has 1 atom stereocenters. The van der Waals surface area contributed by atoms with Gasteiger partial charge in [-0.25, -0.2) is 4.39 Å². The normalized spacial score (nSPS) is 15.6. The summed E-state index contributed by atoms with van der Waals surface area (Å²) in [5, 5.41) is 0.588. The van der Waals surface area contributed by atoms with Gasteiger partial charge in [-0.2, -0.15) is 13.2 Å². The van der Waals surface area contributed by atoms with E-state index < -0.39 is 17.6 Å². The zero-order valence-corrected chi connectivity index (χ0v) is 21.0. The Kier molecular flexibility index (Phi) is 8.52. The van der Waals surface area contributed by atoms with Gasteiger partial charge in [-0.05, 0) is 60.0 Å². The lowest BCUT2D eigenvalue weighted by Crippen LogP contribution is -2.49. The summed E-state index contributed by atoms with van der Waals surface area (Å²) in [6.07, 6.45) is -4.74. The van der Waals surface area contributed by atoms with Crippen LogP contribution in [0.25, 0.3) is 0 Å². The third-order valence-corrected chi connectivity index (χ3v) is 6.74. The van der Waals surface area contributed by atoms with Gasteiger partial charge in [-0.15, -0.1) is 0 Å². The highest BCUT2D eigenvalue weighted by atomic mass is 35.5. The molecule has 1 heterocycles. The largest absolute Gasteiger partial charge is 0.416 e. The second kappa shape index (κ2) is 11.6. The van der Waals surface area contributed by atoms with Crippen LogP contribution in [0.1, 0.15) is 38.7 Å². The van der Waals surface area contributed by atoms with Gasteiger partial charge in [-0.3, -0.25) is 9.69 Å². The zero-order valence-electron chi connectivity index (χ0n) is 20.3. The lowest BCUT2D eigenvalue weighted by molar-refractivity contribution is -0.137. The minimum absolute atomic E-state index is 0.142. The number of benzene rings is 3. The molecular weight excluding hydrogens is 508 g/mol. The van der Waals surface area contributed by atoms with Crippen molar-refractivity contribution in [1.82, 2.24) is 9.80 Å². The van der Waals surface area contributed by atoms with Crippen molar-refractivity contribution in [3.63, 3.8) is 0 Å². The van der Waals surface area contributed by atoms with Crippen LogP contribution in [0.3, 0.4) is 0 Å². The molecule has 3 aromatic carbocycles. The average Bonchev–Trinajstić information content (AvgIpc) is 2.88. The Morgan fingerprint density at radius 2 is 1.62 bits per heavy atom. The van der Waals surface area contributed by atoms with E-state index in [0.717, 1.165) is 23.3 Å². The van der Waals surface area contributed by atoms with Gasteiger partial charge in [0.2, 0.25) is 0 Å². The van der Waals surface area contributed by atoms with Gasteiger partial charge in [0.25, 0.3) is 5.91 Å². The molecule has 0 spiro atoms. The number of hydrogen-bond acceptors (Lipinski definition) is 3. The van der Waals surface area contributed by atoms with E-state index in [1.54, 1.807) is 30.0 Å². The van der Waals surface area contributed by atoms with Crippen LogP contribution in [0, 0.1) is 12.7 Å². The minimum Gasteiger partial charge on any atom is -0.368 e. The predicted octanol–water partition coefficient (Wildman–Crippen LogP) is 6.52. The first kappa shape index (κ1) is 27.1. The van der Waals surface area contributed by atoms with Crippen LogP contribution < -0.4 is 0 Å². The highest BCUT2D eigenvalue weighted by Gasteiger charge is 2.30. The Bertz CT molecular complexity index is 1210. The third-order valence-electron chi connectivity index (χ3n) is 6.49. The molecule has 0 radical (unpaired) electrons. The number of halogens is 5. The van der Waals surface area contributed by atoms with E-state index >= 15 is 0 Å². The van der Waals surface area contributed by atoms with Crippen LogP contribution in [0.2, 0.25) is 5.02 Å². The molecule has 1 aliphatic heterocycles. The van der Waals surface area contributed by atoms with Crippen LogP contribution in [0.15, 0.2) is 66.7 Å². The van der Waals surface area contributed by atoms with Crippen molar-refractivity contribution in [2.24, 2.45) is 0 Å². The fourth-order valence-corrected chi connectivity index (χ4v) is 4.41. The molecule has 37 heavy (non-hydrogen) atoms. The lowest BCUT2D eigenvalue weighted by Gasteiger charge is -2.36. The Morgan fingerprint density at radius 3 is 2.24 bits per heavy atom. The molecule has 0 N–H and O–H groups in total. The fraction of sp³-hybridized carbons (Fsp3) is 0.321. The van der Waals surface area contributed by atoms with Gasteiger partial charge in [0, 0.05) is 43.3 Å². The summed E-state index contributed by atoms with van der Waals surface area (Å²) < 4.78 is 58.5. The zero-order chi connectivity index (χ0) is 26.6. The average molecular weight is 535 g/mol. The fourth-order valence-electron chi connectivity index (χ4n) is 4.28. The maximum absolute atomic E-state index is 13.7. The molecule has 0 unspecified atom stereocenters. The van der Waals surface area contributed by atoms with E-state index in [2.05, 4.69) is 4.90 Å². The Balaban J connectivity index is 1.40. The summed E-state index contributed by atoms with van der Waals surface area (Å²) in [7, 11) is 0. The van der Waals surface area contributed by atoms with Crippen LogP contribution >= 0.6 is 11.6 Å². The Hall–Kier alpha value is -2.94. The molecule has 4 nitrogen and oxygen atoms in total. The summed E-state index contributed by atoms with van der Waals surface area (Å²) >= 11 is 6.05. The summed E-state index contributed by atoms with van der Waals surface area (Å²) in [4.78, 5) is 16.8. The van der Waals surface area contributed by atoms with Crippen molar-refractivity contribution < 1.29 is 27.1 Å². The van der Waals surface area contributed by atoms with Crippen LogP contribution in [-0.4, -0.2) is 48.4 Å².